The molecule has 1 N–H and O–H groups in total. The number of anilines is 1. The van der Waals surface area contributed by atoms with E-state index in [1.165, 1.54) is 5.56 Å². The molecule has 28 heavy (non-hydrogen) atoms. The van der Waals surface area contributed by atoms with Crippen molar-refractivity contribution in [2.75, 3.05) is 38.1 Å². The summed E-state index contributed by atoms with van der Waals surface area (Å²) in [6.07, 6.45) is 1.46. The van der Waals surface area contributed by atoms with E-state index in [0.29, 0.717) is 19.0 Å². The topological polar surface area (TPSA) is 44.8 Å². The molecule has 1 fully saturated rings. The van der Waals surface area contributed by atoms with Crippen LogP contribution in [0.4, 0.5) is 5.69 Å². The van der Waals surface area contributed by atoms with Crippen LogP contribution in [0.15, 0.2) is 41.1 Å². The van der Waals surface area contributed by atoms with Crippen molar-refractivity contribution in [1.82, 2.24) is 10.2 Å². The van der Waals surface area contributed by atoms with Crippen LogP contribution in [0.1, 0.15) is 38.4 Å². The van der Waals surface area contributed by atoms with Gasteiger partial charge < -0.3 is 15.0 Å². The van der Waals surface area contributed by atoms with Gasteiger partial charge in [-0.1, -0.05) is 6.07 Å². The monoisotopic (exact) mass is 401 g/mol. The van der Waals surface area contributed by atoms with Gasteiger partial charge in [0.25, 0.3) is 0 Å². The first-order valence-corrected chi connectivity index (χ1v) is 11.0. The summed E-state index contributed by atoms with van der Waals surface area (Å²) in [6, 6.07) is 10.5. The summed E-state index contributed by atoms with van der Waals surface area (Å²) < 4.78 is 6.34. The smallest absolute Gasteiger partial charge is 0.228 e. The molecule has 1 saturated heterocycles. The maximum absolute atomic E-state index is 12.7. The van der Waals surface area contributed by atoms with Crippen molar-refractivity contribution in [3.8, 4) is 5.75 Å². The lowest BCUT2D eigenvalue weighted by Gasteiger charge is -2.25. The zero-order valence-electron chi connectivity index (χ0n) is 17.1. The molecule has 1 aromatic carbocycles. The van der Waals surface area contributed by atoms with Crippen molar-refractivity contribution < 1.29 is 9.53 Å². The minimum absolute atomic E-state index is 0.00483. The minimum Gasteiger partial charge on any atom is -0.486 e. The highest BCUT2D eigenvalue weighted by Gasteiger charge is 2.24. The quantitative estimate of drug-likeness (QED) is 0.728. The molecule has 152 valence electrons. The molecule has 1 aromatic heterocycles. The van der Waals surface area contributed by atoms with Gasteiger partial charge >= 0.3 is 0 Å². The fourth-order valence-electron chi connectivity index (χ4n) is 3.54. The first-order valence-electron chi connectivity index (χ1n) is 10.1. The fourth-order valence-corrected chi connectivity index (χ4v) is 4.25. The Labute approximate surface area is 172 Å². The first kappa shape index (κ1) is 20.8. The number of amides is 1. The number of carbonyl (C=O) groups is 1. The molecule has 0 aliphatic carbocycles. The van der Waals surface area contributed by atoms with E-state index in [1.54, 1.807) is 11.3 Å². The maximum atomic E-state index is 12.7. The third-order valence-electron chi connectivity index (χ3n) is 5.23. The van der Waals surface area contributed by atoms with Crippen molar-refractivity contribution in [2.24, 2.45) is 0 Å². The second-order valence-corrected chi connectivity index (χ2v) is 8.26. The van der Waals surface area contributed by atoms with Crippen molar-refractivity contribution in [2.45, 2.75) is 38.8 Å². The Balaban J connectivity index is 1.74. The lowest BCUT2D eigenvalue weighted by atomic mass is 10.1. The Morgan fingerprint density at radius 2 is 2.07 bits per heavy atom. The fraction of sp³-hybridized carbons (Fsp3) is 0.500. The molecule has 0 radical (unpaired) electrons. The van der Waals surface area contributed by atoms with Crippen LogP contribution in [-0.4, -0.2) is 50.1 Å². The molecule has 6 heteroatoms. The van der Waals surface area contributed by atoms with E-state index in [-0.39, 0.29) is 12.0 Å². The zero-order valence-corrected chi connectivity index (χ0v) is 17.9. The van der Waals surface area contributed by atoms with Gasteiger partial charge in [0.05, 0.1) is 0 Å². The number of hydrogen-bond donors (Lipinski definition) is 1. The van der Waals surface area contributed by atoms with Crippen LogP contribution in [0, 0.1) is 0 Å². The number of carbonyl (C=O) groups excluding carboxylic acids is 1. The SMILES string of the molecule is CNCC[C@H](Oc1cccc(N2CCN(C(C)C)CCC2=O)c1)c1ccsc1. The van der Waals surface area contributed by atoms with Gasteiger partial charge in [0, 0.05) is 55.8 Å². The molecule has 3 rings (SSSR count). The number of benzene rings is 1. The van der Waals surface area contributed by atoms with Crippen molar-refractivity contribution >= 4 is 22.9 Å². The van der Waals surface area contributed by atoms with E-state index >= 15 is 0 Å². The Bertz CT molecular complexity index is 748. The highest BCUT2D eigenvalue weighted by atomic mass is 32.1. The normalized spacial score (nSPS) is 17.0. The third kappa shape index (κ3) is 5.34. The van der Waals surface area contributed by atoms with Crippen molar-refractivity contribution in [3.63, 3.8) is 0 Å². The van der Waals surface area contributed by atoms with Gasteiger partial charge in [-0.15, -0.1) is 0 Å². The molecule has 1 aliphatic heterocycles. The van der Waals surface area contributed by atoms with Crippen molar-refractivity contribution in [3.05, 3.63) is 46.7 Å². The van der Waals surface area contributed by atoms with Gasteiger partial charge in [-0.2, -0.15) is 11.3 Å². The van der Waals surface area contributed by atoms with Crippen LogP contribution in [0.2, 0.25) is 0 Å². The molecule has 0 unspecified atom stereocenters. The molecule has 2 heterocycles. The van der Waals surface area contributed by atoms with E-state index < -0.39 is 0 Å². The summed E-state index contributed by atoms with van der Waals surface area (Å²) in [5.41, 5.74) is 2.12. The predicted molar refractivity (Wildman–Crippen MR) is 116 cm³/mol. The summed E-state index contributed by atoms with van der Waals surface area (Å²) in [5.74, 6) is 0.993. The Morgan fingerprint density at radius 1 is 1.21 bits per heavy atom. The summed E-state index contributed by atoms with van der Waals surface area (Å²) in [7, 11) is 1.96. The van der Waals surface area contributed by atoms with E-state index in [0.717, 1.165) is 37.5 Å². The molecule has 1 amide bonds. The lowest BCUT2D eigenvalue weighted by molar-refractivity contribution is -0.118. The number of ether oxygens (including phenoxy) is 1. The second-order valence-electron chi connectivity index (χ2n) is 7.48. The summed E-state index contributed by atoms with van der Waals surface area (Å²) >= 11 is 1.68. The van der Waals surface area contributed by atoms with E-state index in [9.17, 15) is 4.79 Å². The number of thiophene rings is 1. The summed E-state index contributed by atoms with van der Waals surface area (Å²) in [4.78, 5) is 17.0. The molecule has 0 bridgehead atoms. The molecule has 1 aliphatic rings. The average molecular weight is 402 g/mol. The molecule has 1 atom stereocenters. The number of hydrogen-bond acceptors (Lipinski definition) is 5. The van der Waals surface area contributed by atoms with Crippen LogP contribution in [-0.2, 0) is 4.79 Å². The molecule has 0 saturated carbocycles. The Morgan fingerprint density at radius 3 is 2.79 bits per heavy atom. The van der Waals surface area contributed by atoms with Crippen molar-refractivity contribution in [1.29, 1.82) is 0 Å². The highest BCUT2D eigenvalue weighted by Crippen LogP contribution is 2.29. The standard InChI is InChI=1S/C22H31N3O2S/c1-17(2)24-11-8-22(26)25(13-12-24)19-5-4-6-20(15-19)27-21(7-10-23-3)18-9-14-28-16-18/h4-6,9,14-17,21,23H,7-8,10-13H2,1-3H3/t21-/m0/s1. The van der Waals surface area contributed by atoms with Gasteiger partial charge in [0.15, 0.2) is 0 Å². The lowest BCUT2D eigenvalue weighted by Crippen LogP contribution is -2.35. The van der Waals surface area contributed by atoms with Gasteiger partial charge in [0.2, 0.25) is 5.91 Å². The van der Waals surface area contributed by atoms with Crippen LogP contribution < -0.4 is 15.0 Å². The molecule has 2 aromatic rings. The van der Waals surface area contributed by atoms with Gasteiger partial charge in [-0.05, 0) is 56.4 Å². The van der Waals surface area contributed by atoms with E-state index in [4.69, 9.17) is 4.74 Å². The van der Waals surface area contributed by atoms with Crippen LogP contribution in [0.25, 0.3) is 0 Å². The molecular weight excluding hydrogens is 370 g/mol. The number of nitrogens with zero attached hydrogens (tertiary/aromatic N) is 2. The first-order chi connectivity index (χ1) is 13.6. The van der Waals surface area contributed by atoms with Crippen LogP contribution in [0.5, 0.6) is 5.75 Å². The zero-order chi connectivity index (χ0) is 19.9. The predicted octanol–water partition coefficient (Wildman–Crippen LogP) is 3.92. The second kappa shape index (κ2) is 10.0. The average Bonchev–Trinajstić information content (AvgIpc) is 3.15. The van der Waals surface area contributed by atoms with Gasteiger partial charge in [-0.3, -0.25) is 9.69 Å². The van der Waals surface area contributed by atoms with Gasteiger partial charge in [-0.25, -0.2) is 0 Å². The van der Waals surface area contributed by atoms with Crippen LogP contribution in [0.3, 0.4) is 0 Å². The number of rotatable bonds is 8. The van der Waals surface area contributed by atoms with E-state index in [2.05, 4.69) is 40.9 Å². The molecule has 5 nitrogen and oxygen atoms in total. The largest absolute Gasteiger partial charge is 0.486 e. The molecule has 0 spiro atoms. The Kier molecular flexibility index (Phi) is 7.48. The molecular formula is C22H31N3O2S. The van der Waals surface area contributed by atoms with E-state index in [1.807, 2.05) is 36.2 Å². The third-order valence-corrected chi connectivity index (χ3v) is 5.94. The minimum atomic E-state index is 0.00483. The number of nitrogens with one attached hydrogen (secondary N) is 1. The Hall–Kier alpha value is -1.89. The highest BCUT2D eigenvalue weighted by molar-refractivity contribution is 7.07. The summed E-state index contributed by atoms with van der Waals surface area (Å²) in [5, 5.41) is 7.42. The van der Waals surface area contributed by atoms with Crippen LogP contribution >= 0.6 is 11.3 Å². The summed E-state index contributed by atoms with van der Waals surface area (Å²) in [6.45, 7) is 7.69. The van der Waals surface area contributed by atoms with Gasteiger partial charge in [0.1, 0.15) is 11.9 Å². The maximum Gasteiger partial charge on any atom is 0.228 e.